The van der Waals surface area contributed by atoms with E-state index in [0.29, 0.717) is 23.4 Å². The Labute approximate surface area is 114 Å². The molecule has 0 spiro atoms. The summed E-state index contributed by atoms with van der Waals surface area (Å²) in [5, 5.41) is 3.45. The minimum atomic E-state index is -0.168. The van der Waals surface area contributed by atoms with Gasteiger partial charge in [0.25, 0.3) is 0 Å². The number of hydrogen-bond acceptors (Lipinski definition) is 3. The summed E-state index contributed by atoms with van der Waals surface area (Å²) in [6, 6.07) is 5.43. The molecular weight excluding hydrogens is 243 g/mol. The van der Waals surface area contributed by atoms with Gasteiger partial charge < -0.3 is 15.0 Å². The van der Waals surface area contributed by atoms with Gasteiger partial charge in [0.15, 0.2) is 0 Å². The van der Waals surface area contributed by atoms with E-state index in [4.69, 9.17) is 4.74 Å². The lowest BCUT2D eigenvalue weighted by Gasteiger charge is -2.20. The maximum atomic E-state index is 13.9. The van der Waals surface area contributed by atoms with Gasteiger partial charge in [0, 0.05) is 25.2 Å². The number of anilines is 1. The third kappa shape index (κ3) is 3.60. The number of halogens is 1. The van der Waals surface area contributed by atoms with E-state index in [-0.39, 0.29) is 5.82 Å². The summed E-state index contributed by atoms with van der Waals surface area (Å²) in [4.78, 5) is 2.12. The van der Waals surface area contributed by atoms with Gasteiger partial charge in [-0.1, -0.05) is 13.8 Å². The molecule has 1 aliphatic heterocycles. The van der Waals surface area contributed by atoms with Crippen LogP contribution in [0.15, 0.2) is 18.2 Å². The molecule has 4 heteroatoms. The van der Waals surface area contributed by atoms with Crippen molar-refractivity contribution in [3.8, 4) is 5.75 Å². The van der Waals surface area contributed by atoms with Crippen molar-refractivity contribution >= 4 is 5.69 Å². The molecule has 1 aromatic rings. The van der Waals surface area contributed by atoms with Gasteiger partial charge in [-0.2, -0.15) is 0 Å². The largest absolute Gasteiger partial charge is 0.497 e. The van der Waals surface area contributed by atoms with Gasteiger partial charge in [0.05, 0.1) is 12.8 Å². The van der Waals surface area contributed by atoms with E-state index in [1.54, 1.807) is 19.2 Å². The molecule has 106 valence electrons. The Morgan fingerprint density at radius 2 is 2.26 bits per heavy atom. The lowest BCUT2D eigenvalue weighted by Crippen LogP contribution is -2.30. The third-order valence-corrected chi connectivity index (χ3v) is 3.59. The Bertz CT molecular complexity index is 423. The second kappa shape index (κ2) is 6.24. The minimum Gasteiger partial charge on any atom is -0.497 e. The van der Waals surface area contributed by atoms with E-state index in [2.05, 4.69) is 24.1 Å². The molecule has 1 heterocycles. The van der Waals surface area contributed by atoms with Crippen LogP contribution in [0.25, 0.3) is 0 Å². The van der Waals surface area contributed by atoms with Crippen molar-refractivity contribution in [2.45, 2.75) is 26.3 Å². The lowest BCUT2D eigenvalue weighted by atomic mass is 10.1. The highest BCUT2D eigenvalue weighted by Crippen LogP contribution is 2.29. The molecule has 1 saturated heterocycles. The zero-order valence-corrected chi connectivity index (χ0v) is 11.9. The van der Waals surface area contributed by atoms with E-state index in [1.165, 1.54) is 6.07 Å². The van der Waals surface area contributed by atoms with E-state index >= 15 is 0 Å². The van der Waals surface area contributed by atoms with Crippen molar-refractivity contribution in [3.63, 3.8) is 0 Å². The van der Waals surface area contributed by atoms with Gasteiger partial charge >= 0.3 is 0 Å². The van der Waals surface area contributed by atoms with Gasteiger partial charge in [-0.05, 0) is 31.0 Å². The van der Waals surface area contributed by atoms with Crippen molar-refractivity contribution < 1.29 is 9.13 Å². The van der Waals surface area contributed by atoms with Crippen LogP contribution in [0.4, 0.5) is 10.1 Å². The van der Waals surface area contributed by atoms with Gasteiger partial charge in [-0.3, -0.25) is 0 Å². The minimum absolute atomic E-state index is 0.168. The second-order valence-corrected chi connectivity index (χ2v) is 5.48. The van der Waals surface area contributed by atoms with E-state index in [9.17, 15) is 4.39 Å². The molecule has 2 rings (SSSR count). The lowest BCUT2D eigenvalue weighted by molar-refractivity contribution is 0.413. The molecule has 0 radical (unpaired) electrons. The average molecular weight is 266 g/mol. The average Bonchev–Trinajstić information content (AvgIpc) is 2.85. The number of rotatable bonds is 5. The van der Waals surface area contributed by atoms with Gasteiger partial charge in [-0.25, -0.2) is 4.39 Å². The fourth-order valence-corrected chi connectivity index (χ4v) is 2.48. The Morgan fingerprint density at radius 1 is 1.47 bits per heavy atom. The Kier molecular flexibility index (Phi) is 4.64. The molecule has 3 nitrogen and oxygen atoms in total. The molecule has 1 fully saturated rings. The molecule has 1 aliphatic rings. The topological polar surface area (TPSA) is 24.5 Å². The smallest absolute Gasteiger partial charge is 0.146 e. The van der Waals surface area contributed by atoms with Crippen LogP contribution in [0.2, 0.25) is 0 Å². The highest BCUT2D eigenvalue weighted by atomic mass is 19.1. The maximum Gasteiger partial charge on any atom is 0.146 e. The summed E-state index contributed by atoms with van der Waals surface area (Å²) >= 11 is 0. The van der Waals surface area contributed by atoms with Crippen LogP contribution in [0.5, 0.6) is 5.75 Å². The zero-order valence-electron chi connectivity index (χ0n) is 11.9. The Hall–Kier alpha value is -1.29. The summed E-state index contributed by atoms with van der Waals surface area (Å²) < 4.78 is 19.1. The van der Waals surface area contributed by atoms with Crippen LogP contribution < -0.4 is 15.0 Å². The first-order chi connectivity index (χ1) is 9.10. The molecule has 1 N–H and O–H groups in total. The highest BCUT2D eigenvalue weighted by molar-refractivity contribution is 5.52. The zero-order chi connectivity index (χ0) is 13.8. The molecule has 0 saturated carbocycles. The Morgan fingerprint density at radius 3 is 2.95 bits per heavy atom. The van der Waals surface area contributed by atoms with Crippen molar-refractivity contribution in [1.29, 1.82) is 0 Å². The summed E-state index contributed by atoms with van der Waals surface area (Å²) in [6.07, 6.45) is 1.11. The van der Waals surface area contributed by atoms with Crippen LogP contribution in [-0.4, -0.2) is 32.8 Å². The first-order valence-electron chi connectivity index (χ1n) is 6.92. The van der Waals surface area contributed by atoms with Crippen LogP contribution in [0.1, 0.15) is 20.3 Å². The van der Waals surface area contributed by atoms with Crippen molar-refractivity contribution in [1.82, 2.24) is 5.32 Å². The molecule has 0 aromatic heterocycles. The molecule has 0 aliphatic carbocycles. The van der Waals surface area contributed by atoms with E-state index in [0.717, 1.165) is 26.1 Å². The van der Waals surface area contributed by atoms with E-state index < -0.39 is 0 Å². The number of ether oxygens (including phenoxy) is 1. The first kappa shape index (κ1) is 14.1. The van der Waals surface area contributed by atoms with Gasteiger partial charge in [0.1, 0.15) is 11.6 Å². The van der Waals surface area contributed by atoms with Gasteiger partial charge in [-0.15, -0.1) is 0 Å². The quantitative estimate of drug-likeness (QED) is 0.886. The highest BCUT2D eigenvalue weighted by Gasteiger charge is 2.24. The second-order valence-electron chi connectivity index (χ2n) is 5.48. The number of nitrogens with one attached hydrogen (secondary N) is 1. The predicted octanol–water partition coefficient (Wildman–Crippen LogP) is 2.66. The fourth-order valence-electron chi connectivity index (χ4n) is 2.48. The first-order valence-corrected chi connectivity index (χ1v) is 6.92. The normalized spacial score (nSPS) is 19.2. The molecule has 19 heavy (non-hydrogen) atoms. The standard InChI is InChI=1S/C15H23FN2O/c1-11(2)17-9-12-6-7-18(10-12)15-8-13(19-3)4-5-14(15)16/h4-5,8,11-12,17H,6-7,9-10H2,1-3H3. The van der Waals surface area contributed by atoms with Crippen LogP contribution in [0.3, 0.4) is 0 Å². The van der Waals surface area contributed by atoms with Crippen molar-refractivity contribution in [2.75, 3.05) is 31.6 Å². The van der Waals surface area contributed by atoms with Crippen molar-refractivity contribution in [2.24, 2.45) is 5.92 Å². The maximum absolute atomic E-state index is 13.9. The predicted molar refractivity (Wildman–Crippen MR) is 76.4 cm³/mol. The van der Waals surface area contributed by atoms with Crippen LogP contribution in [0, 0.1) is 11.7 Å². The molecule has 1 atom stereocenters. The monoisotopic (exact) mass is 266 g/mol. The third-order valence-electron chi connectivity index (χ3n) is 3.59. The van der Waals surface area contributed by atoms with Crippen LogP contribution in [-0.2, 0) is 0 Å². The molecule has 1 unspecified atom stereocenters. The fraction of sp³-hybridized carbons (Fsp3) is 0.600. The SMILES string of the molecule is COc1ccc(F)c(N2CCC(CNC(C)C)C2)c1. The number of methoxy groups -OCH3 is 1. The van der Waals surface area contributed by atoms with E-state index in [1.807, 2.05) is 0 Å². The number of hydrogen-bond donors (Lipinski definition) is 1. The molecule has 1 aromatic carbocycles. The molecular formula is C15H23FN2O. The van der Waals surface area contributed by atoms with Crippen LogP contribution >= 0.6 is 0 Å². The summed E-state index contributed by atoms with van der Waals surface area (Å²) in [5.41, 5.74) is 0.659. The summed E-state index contributed by atoms with van der Waals surface area (Å²) in [6.45, 7) is 7.11. The summed E-state index contributed by atoms with van der Waals surface area (Å²) in [7, 11) is 1.61. The van der Waals surface area contributed by atoms with Gasteiger partial charge in [0.2, 0.25) is 0 Å². The number of benzene rings is 1. The Balaban J connectivity index is 2.00. The molecule has 0 bridgehead atoms. The summed E-state index contributed by atoms with van der Waals surface area (Å²) in [5.74, 6) is 1.13. The number of nitrogens with zero attached hydrogens (tertiary/aromatic N) is 1. The van der Waals surface area contributed by atoms with Crippen molar-refractivity contribution in [3.05, 3.63) is 24.0 Å². The molecule has 0 amide bonds.